The van der Waals surface area contributed by atoms with Crippen LogP contribution in [0.3, 0.4) is 0 Å². The zero-order valence-corrected chi connectivity index (χ0v) is 33.2. The van der Waals surface area contributed by atoms with Crippen LogP contribution in [0.15, 0.2) is 30.3 Å². The van der Waals surface area contributed by atoms with Crippen molar-refractivity contribution in [2.24, 2.45) is 23.3 Å². The summed E-state index contributed by atoms with van der Waals surface area (Å²) in [7, 11) is 0. The van der Waals surface area contributed by atoms with Gasteiger partial charge in [0, 0.05) is 12.8 Å². The molecule has 19 heteroatoms. The third-order valence-corrected chi connectivity index (χ3v) is 9.13. The van der Waals surface area contributed by atoms with Crippen LogP contribution in [0.2, 0.25) is 0 Å². The van der Waals surface area contributed by atoms with Crippen molar-refractivity contribution in [3.8, 4) is 0 Å². The summed E-state index contributed by atoms with van der Waals surface area (Å²) >= 11 is 1.49. The van der Waals surface area contributed by atoms with E-state index in [9.17, 15) is 48.6 Å². The average molecular weight is 795 g/mol. The molecule has 0 heterocycles. The number of nitrogens with two attached hydrogens (primary N) is 2. The lowest BCUT2D eigenvalue weighted by Gasteiger charge is -2.29. The third kappa shape index (κ3) is 17.1. The number of carbonyl (C=O) groups excluding carboxylic acids is 7. The molecule has 18 nitrogen and oxygen atoms in total. The van der Waals surface area contributed by atoms with Gasteiger partial charge in [-0.05, 0) is 56.1 Å². The van der Waals surface area contributed by atoms with Crippen molar-refractivity contribution < 1.29 is 48.6 Å². The first-order valence-corrected chi connectivity index (χ1v) is 19.4. The van der Waals surface area contributed by atoms with Crippen molar-refractivity contribution in [2.45, 2.75) is 116 Å². The van der Waals surface area contributed by atoms with Gasteiger partial charge in [-0.3, -0.25) is 33.6 Å². The van der Waals surface area contributed by atoms with Crippen molar-refractivity contribution in [3.05, 3.63) is 35.9 Å². The minimum atomic E-state index is -1.57. The van der Waals surface area contributed by atoms with Crippen LogP contribution < -0.4 is 43.4 Å². The van der Waals surface area contributed by atoms with Gasteiger partial charge >= 0.3 is 5.97 Å². The number of nitrogens with one attached hydrogen (secondary N) is 6. The Morgan fingerprint density at radius 2 is 1.16 bits per heavy atom. The number of aliphatic carboxylic acids is 1. The molecule has 1 aromatic rings. The van der Waals surface area contributed by atoms with Gasteiger partial charge in [0.2, 0.25) is 41.4 Å². The van der Waals surface area contributed by atoms with E-state index in [4.69, 9.17) is 11.5 Å². The number of primary amides is 1. The Kier molecular flexibility index (Phi) is 21.0. The minimum absolute atomic E-state index is 0.0405. The summed E-state index contributed by atoms with van der Waals surface area (Å²) in [6.45, 7) is 8.97. The molecule has 55 heavy (non-hydrogen) atoms. The molecule has 0 aromatic heterocycles. The number of benzene rings is 1. The molecule has 0 radical (unpaired) electrons. The molecular weight excluding hydrogens is 737 g/mol. The highest BCUT2D eigenvalue weighted by atomic mass is 32.2. The predicted molar refractivity (Wildman–Crippen MR) is 206 cm³/mol. The van der Waals surface area contributed by atoms with Crippen LogP contribution in [0.25, 0.3) is 0 Å². The number of thioether (sulfide) groups is 1. The van der Waals surface area contributed by atoms with Crippen LogP contribution in [-0.2, 0) is 44.8 Å². The van der Waals surface area contributed by atoms with E-state index in [-0.39, 0.29) is 19.3 Å². The Labute approximate surface area is 325 Å². The molecule has 0 aliphatic heterocycles. The number of carboxylic acid groups (broad SMARTS) is 1. The molecule has 0 saturated heterocycles. The fourth-order valence-corrected chi connectivity index (χ4v) is 5.63. The Bertz CT molecular complexity index is 1480. The lowest BCUT2D eigenvalue weighted by atomic mass is 9.99. The highest BCUT2D eigenvalue weighted by Gasteiger charge is 2.36. The summed E-state index contributed by atoms with van der Waals surface area (Å²) in [6.07, 6.45) is 0.287. The van der Waals surface area contributed by atoms with Gasteiger partial charge in [0.15, 0.2) is 0 Å². The summed E-state index contributed by atoms with van der Waals surface area (Å²) in [5.41, 5.74) is 11.8. The highest BCUT2D eigenvalue weighted by Crippen LogP contribution is 2.10. The van der Waals surface area contributed by atoms with Crippen molar-refractivity contribution in [3.63, 3.8) is 0 Å². The SMILES string of the molecule is CSCC[C@H](N)C(=O)N[C@@H](CCC(N)=O)C(=O)N[C@@H](C)C(=O)N[C@@H](Cc1ccccc1)C(=O)N[C@H](C(=O)N[C@H](C(=O)N[C@H](C(=O)O)C(C)C)[C@@H](C)O)C(C)C. The standard InChI is InChI=1S/C36H58N8O10S/c1-18(2)27(34(51)44-29(21(6)45)35(52)43-28(19(3)4)36(53)54)42-33(50)25(17-22-11-9-8-10-12-22)41-30(47)20(5)39-32(49)24(13-14-26(38)46)40-31(48)23(37)15-16-55-7/h8-12,18-21,23-25,27-29,45H,13-17,37H2,1-7H3,(H2,38,46)(H,39,49)(H,40,48)(H,41,47)(H,42,50)(H,43,52)(H,44,51)(H,53,54)/t20-,21+,23-,24-,25-,27-,28-,29-/m0/s1. The van der Waals surface area contributed by atoms with Gasteiger partial charge in [0.1, 0.15) is 36.3 Å². The zero-order chi connectivity index (χ0) is 42.0. The molecule has 1 rings (SSSR count). The minimum Gasteiger partial charge on any atom is -0.480 e. The lowest BCUT2D eigenvalue weighted by molar-refractivity contribution is -0.144. The van der Waals surface area contributed by atoms with Crippen molar-refractivity contribution in [2.75, 3.05) is 12.0 Å². The van der Waals surface area contributed by atoms with E-state index in [0.29, 0.717) is 17.7 Å². The monoisotopic (exact) mass is 794 g/mol. The molecule has 0 aliphatic carbocycles. The van der Waals surface area contributed by atoms with Crippen molar-refractivity contribution >= 4 is 59.1 Å². The fourth-order valence-electron chi connectivity index (χ4n) is 5.14. The number of amides is 7. The van der Waals surface area contributed by atoms with Crippen LogP contribution in [0.4, 0.5) is 0 Å². The second-order valence-corrected chi connectivity index (χ2v) is 14.9. The fraction of sp³-hybridized carbons (Fsp3) is 0.611. The Balaban J connectivity index is 3.24. The second-order valence-electron chi connectivity index (χ2n) is 14.0. The molecule has 1 aromatic carbocycles. The predicted octanol–water partition coefficient (Wildman–Crippen LogP) is -1.72. The van der Waals surface area contributed by atoms with E-state index < -0.39 is 108 Å². The maximum atomic E-state index is 13.8. The first-order chi connectivity index (χ1) is 25.7. The van der Waals surface area contributed by atoms with Crippen molar-refractivity contribution in [1.29, 1.82) is 0 Å². The summed E-state index contributed by atoms with van der Waals surface area (Å²) in [5, 5.41) is 34.8. The number of rotatable bonds is 24. The maximum Gasteiger partial charge on any atom is 0.326 e. The Morgan fingerprint density at radius 1 is 0.655 bits per heavy atom. The molecule has 0 aliphatic rings. The summed E-state index contributed by atoms with van der Waals surface area (Å²) in [5.74, 6) is -7.32. The third-order valence-electron chi connectivity index (χ3n) is 8.49. The van der Waals surface area contributed by atoms with Gasteiger partial charge < -0.3 is 53.6 Å². The number of hydrogen-bond donors (Lipinski definition) is 10. The van der Waals surface area contributed by atoms with Crippen LogP contribution in [0, 0.1) is 11.8 Å². The second kappa shape index (κ2) is 23.9. The van der Waals surface area contributed by atoms with Crippen molar-refractivity contribution in [1.82, 2.24) is 31.9 Å². The van der Waals surface area contributed by atoms with Gasteiger partial charge in [-0.1, -0.05) is 58.0 Å². The maximum absolute atomic E-state index is 13.8. The number of carboxylic acids is 1. The molecule has 0 unspecified atom stereocenters. The van der Waals surface area contributed by atoms with E-state index in [1.165, 1.54) is 25.6 Å². The van der Waals surface area contributed by atoms with Gasteiger partial charge in [-0.2, -0.15) is 11.8 Å². The van der Waals surface area contributed by atoms with Crippen LogP contribution in [0.1, 0.15) is 66.4 Å². The lowest BCUT2D eigenvalue weighted by Crippen LogP contribution is -2.62. The molecule has 0 saturated carbocycles. The topological polar surface area (TPSA) is 301 Å². The number of hydrogen-bond acceptors (Lipinski definition) is 11. The molecule has 0 fully saturated rings. The zero-order valence-electron chi connectivity index (χ0n) is 32.4. The van der Waals surface area contributed by atoms with Crippen LogP contribution in [-0.4, -0.2) is 118 Å². The first kappa shape index (κ1) is 48.3. The van der Waals surface area contributed by atoms with Gasteiger partial charge in [0.05, 0.1) is 12.1 Å². The highest BCUT2D eigenvalue weighted by molar-refractivity contribution is 7.98. The Hall–Kier alpha value is -4.75. The number of aliphatic hydroxyl groups is 1. The number of aliphatic hydroxyl groups excluding tert-OH is 1. The molecule has 0 spiro atoms. The summed E-state index contributed by atoms with van der Waals surface area (Å²) in [6, 6.07) is -0.240. The van der Waals surface area contributed by atoms with Crippen LogP contribution in [0.5, 0.6) is 0 Å². The van der Waals surface area contributed by atoms with E-state index in [1.807, 2.05) is 6.26 Å². The molecule has 0 bridgehead atoms. The van der Waals surface area contributed by atoms with E-state index in [2.05, 4.69) is 31.9 Å². The van der Waals surface area contributed by atoms with Gasteiger partial charge in [0.25, 0.3) is 0 Å². The molecule has 12 N–H and O–H groups in total. The first-order valence-electron chi connectivity index (χ1n) is 18.0. The molecule has 8 atom stereocenters. The van der Waals surface area contributed by atoms with Gasteiger partial charge in [-0.25, -0.2) is 4.79 Å². The summed E-state index contributed by atoms with van der Waals surface area (Å²) in [4.78, 5) is 103. The summed E-state index contributed by atoms with van der Waals surface area (Å²) < 4.78 is 0. The van der Waals surface area contributed by atoms with E-state index in [0.717, 1.165) is 0 Å². The van der Waals surface area contributed by atoms with Crippen LogP contribution >= 0.6 is 11.8 Å². The quantitative estimate of drug-likeness (QED) is 0.0559. The van der Waals surface area contributed by atoms with E-state index >= 15 is 0 Å². The number of carbonyl (C=O) groups is 8. The Morgan fingerprint density at radius 3 is 1.67 bits per heavy atom. The van der Waals surface area contributed by atoms with Gasteiger partial charge in [-0.15, -0.1) is 0 Å². The largest absolute Gasteiger partial charge is 0.480 e. The smallest absolute Gasteiger partial charge is 0.326 e. The molecule has 7 amide bonds. The molecule has 308 valence electrons. The average Bonchev–Trinajstić information content (AvgIpc) is 3.11. The normalized spacial score (nSPS) is 15.5. The molecular formula is C36H58N8O10S. The van der Waals surface area contributed by atoms with E-state index in [1.54, 1.807) is 58.0 Å².